The number of unbranched alkanes of at least 4 members (excludes halogenated alkanes) is 1. The van der Waals surface area contributed by atoms with Crippen LogP contribution in [-0.4, -0.2) is 0 Å². The molecule has 0 aromatic carbocycles. The number of rotatable bonds is 6. The second-order valence-electron chi connectivity index (χ2n) is 6.06. The quantitative estimate of drug-likeness (QED) is 0.458. The van der Waals surface area contributed by atoms with E-state index < -0.39 is 0 Å². The largest absolute Gasteiger partial charge is 0.100 e. The second kappa shape index (κ2) is 11.8. The maximum atomic E-state index is 3.79. The fourth-order valence-corrected chi connectivity index (χ4v) is 3.05. The van der Waals surface area contributed by atoms with Gasteiger partial charge in [-0.15, -0.1) is 6.58 Å². The lowest BCUT2D eigenvalue weighted by atomic mass is 9.76. The van der Waals surface area contributed by atoms with E-state index in [1.54, 1.807) is 0 Å². The van der Waals surface area contributed by atoms with Gasteiger partial charge in [0.1, 0.15) is 0 Å². The molecule has 0 bridgehead atoms. The summed E-state index contributed by atoms with van der Waals surface area (Å²) in [6.07, 6.45) is 14.1. The van der Waals surface area contributed by atoms with Gasteiger partial charge in [0.25, 0.3) is 0 Å². The smallest absolute Gasteiger partial charge is 0.0326 e. The van der Waals surface area contributed by atoms with Crippen LogP contribution in [0.1, 0.15) is 91.9 Å². The van der Waals surface area contributed by atoms with E-state index in [0.29, 0.717) is 0 Å². The Morgan fingerprint density at radius 3 is 2.00 bits per heavy atom. The van der Waals surface area contributed by atoms with Crippen LogP contribution in [0, 0.1) is 11.8 Å². The molecule has 0 saturated heterocycles. The van der Waals surface area contributed by atoms with Crippen LogP contribution in [0.15, 0.2) is 12.2 Å². The van der Waals surface area contributed by atoms with E-state index in [9.17, 15) is 0 Å². The van der Waals surface area contributed by atoms with Crippen molar-refractivity contribution in [2.45, 2.75) is 91.9 Å². The Balaban J connectivity index is 0.000000360. The summed E-state index contributed by atoms with van der Waals surface area (Å²) < 4.78 is 0. The minimum Gasteiger partial charge on any atom is -0.100 e. The van der Waals surface area contributed by atoms with E-state index in [4.69, 9.17) is 0 Å². The highest BCUT2D eigenvalue weighted by molar-refractivity contribution is 4.86. The number of allylic oxidation sites excluding steroid dienone is 1. The Kier molecular flexibility index (Phi) is 11.6. The standard InChI is InChI=1S/C11H22.C7H14/c1-3-7-11-9-6-5-8-10(11)4-2;1-4-5-6-7(2)3/h10-11H,3-9H2,1-2H3;2,4-6H2,1,3H3. The molecule has 0 aromatic heterocycles. The molecule has 0 aromatic rings. The van der Waals surface area contributed by atoms with E-state index >= 15 is 0 Å². The van der Waals surface area contributed by atoms with Gasteiger partial charge in [-0.1, -0.05) is 77.7 Å². The molecular formula is C18H36. The molecule has 2 unspecified atom stereocenters. The summed E-state index contributed by atoms with van der Waals surface area (Å²) in [5.74, 6) is 2.16. The third-order valence-corrected chi connectivity index (χ3v) is 4.21. The normalized spacial score (nSPS) is 23.1. The Labute approximate surface area is 116 Å². The van der Waals surface area contributed by atoms with E-state index in [-0.39, 0.29) is 0 Å². The lowest BCUT2D eigenvalue weighted by Gasteiger charge is -2.30. The SMILES string of the molecule is C=C(C)CCCC.CCCC1CCCCC1CC. The number of hydrogen-bond donors (Lipinski definition) is 0. The fraction of sp³-hybridized carbons (Fsp3) is 0.889. The first kappa shape index (κ1) is 17.7. The molecule has 0 radical (unpaired) electrons. The van der Waals surface area contributed by atoms with Gasteiger partial charge >= 0.3 is 0 Å². The van der Waals surface area contributed by atoms with Crippen molar-refractivity contribution in [3.05, 3.63) is 12.2 Å². The third-order valence-electron chi connectivity index (χ3n) is 4.21. The van der Waals surface area contributed by atoms with Crippen LogP contribution in [0.25, 0.3) is 0 Å². The van der Waals surface area contributed by atoms with Crippen molar-refractivity contribution in [2.75, 3.05) is 0 Å². The molecule has 2 atom stereocenters. The van der Waals surface area contributed by atoms with Gasteiger partial charge in [0.2, 0.25) is 0 Å². The first-order valence-corrected chi connectivity index (χ1v) is 8.29. The molecule has 0 heteroatoms. The molecule has 0 spiro atoms. The predicted molar refractivity (Wildman–Crippen MR) is 85.0 cm³/mol. The molecule has 0 aliphatic heterocycles. The molecule has 0 nitrogen and oxygen atoms in total. The van der Waals surface area contributed by atoms with E-state index in [2.05, 4.69) is 34.3 Å². The van der Waals surface area contributed by atoms with Gasteiger partial charge in [0.05, 0.1) is 0 Å². The van der Waals surface area contributed by atoms with Crippen LogP contribution in [0.2, 0.25) is 0 Å². The van der Waals surface area contributed by atoms with Crippen LogP contribution in [0.3, 0.4) is 0 Å². The summed E-state index contributed by atoms with van der Waals surface area (Å²) in [6.45, 7) is 12.7. The lowest BCUT2D eigenvalue weighted by molar-refractivity contribution is 0.216. The molecule has 0 amide bonds. The molecule has 1 aliphatic carbocycles. The minimum absolute atomic E-state index is 1.07. The van der Waals surface area contributed by atoms with Gasteiger partial charge in [0.15, 0.2) is 0 Å². The molecule has 1 fully saturated rings. The summed E-state index contributed by atoms with van der Waals surface area (Å²) >= 11 is 0. The highest BCUT2D eigenvalue weighted by Gasteiger charge is 2.22. The molecule has 1 saturated carbocycles. The zero-order chi connectivity index (χ0) is 13.8. The monoisotopic (exact) mass is 252 g/mol. The molecular weight excluding hydrogens is 216 g/mol. The van der Waals surface area contributed by atoms with Crippen molar-refractivity contribution in [3.63, 3.8) is 0 Å². The van der Waals surface area contributed by atoms with Crippen molar-refractivity contribution >= 4 is 0 Å². The van der Waals surface area contributed by atoms with Gasteiger partial charge in [-0.25, -0.2) is 0 Å². The van der Waals surface area contributed by atoms with Crippen molar-refractivity contribution in [1.82, 2.24) is 0 Å². The summed E-state index contributed by atoms with van der Waals surface area (Å²) in [7, 11) is 0. The van der Waals surface area contributed by atoms with Crippen molar-refractivity contribution in [3.8, 4) is 0 Å². The zero-order valence-corrected chi connectivity index (χ0v) is 13.4. The van der Waals surface area contributed by atoms with Crippen molar-refractivity contribution < 1.29 is 0 Å². The van der Waals surface area contributed by atoms with Crippen LogP contribution in [0.5, 0.6) is 0 Å². The van der Waals surface area contributed by atoms with Crippen molar-refractivity contribution in [1.29, 1.82) is 0 Å². The average molecular weight is 252 g/mol. The second-order valence-corrected chi connectivity index (χ2v) is 6.06. The third kappa shape index (κ3) is 8.78. The highest BCUT2D eigenvalue weighted by atomic mass is 14.3. The summed E-state index contributed by atoms with van der Waals surface area (Å²) in [5.41, 5.74) is 1.31. The molecule has 1 aliphatic rings. The highest BCUT2D eigenvalue weighted by Crippen LogP contribution is 2.34. The van der Waals surface area contributed by atoms with Crippen LogP contribution in [0.4, 0.5) is 0 Å². The summed E-state index contributed by atoms with van der Waals surface area (Å²) in [5, 5.41) is 0. The van der Waals surface area contributed by atoms with Gasteiger partial charge in [-0.3, -0.25) is 0 Å². The van der Waals surface area contributed by atoms with E-state index in [1.807, 2.05) is 0 Å². The first-order valence-electron chi connectivity index (χ1n) is 8.29. The van der Waals surface area contributed by atoms with Gasteiger partial charge in [0, 0.05) is 0 Å². The summed E-state index contributed by atoms with van der Waals surface area (Å²) in [6, 6.07) is 0. The average Bonchev–Trinajstić information content (AvgIpc) is 2.38. The van der Waals surface area contributed by atoms with Crippen LogP contribution in [-0.2, 0) is 0 Å². The molecule has 0 N–H and O–H groups in total. The Morgan fingerprint density at radius 1 is 1.00 bits per heavy atom. The van der Waals surface area contributed by atoms with Gasteiger partial charge < -0.3 is 0 Å². The number of hydrogen-bond acceptors (Lipinski definition) is 0. The molecule has 1 rings (SSSR count). The molecule has 18 heavy (non-hydrogen) atoms. The Hall–Kier alpha value is -0.260. The topological polar surface area (TPSA) is 0 Å². The van der Waals surface area contributed by atoms with Crippen molar-refractivity contribution in [2.24, 2.45) is 11.8 Å². The summed E-state index contributed by atoms with van der Waals surface area (Å²) in [4.78, 5) is 0. The van der Waals surface area contributed by atoms with E-state index in [1.165, 1.54) is 69.8 Å². The van der Waals surface area contributed by atoms with Gasteiger partial charge in [-0.2, -0.15) is 0 Å². The molecule has 108 valence electrons. The van der Waals surface area contributed by atoms with E-state index in [0.717, 1.165) is 11.8 Å². The van der Waals surface area contributed by atoms with Crippen LogP contribution < -0.4 is 0 Å². The maximum Gasteiger partial charge on any atom is -0.0326 e. The predicted octanol–water partition coefficient (Wildman–Crippen LogP) is 6.76. The Bertz CT molecular complexity index is 190. The maximum absolute atomic E-state index is 3.79. The minimum atomic E-state index is 1.07. The lowest BCUT2D eigenvalue weighted by Crippen LogP contribution is -2.18. The van der Waals surface area contributed by atoms with Crippen LogP contribution >= 0.6 is 0 Å². The Morgan fingerprint density at radius 2 is 1.61 bits per heavy atom. The fourth-order valence-electron chi connectivity index (χ4n) is 3.05. The molecule has 0 heterocycles. The van der Waals surface area contributed by atoms with Gasteiger partial charge in [-0.05, 0) is 31.6 Å². The zero-order valence-electron chi connectivity index (χ0n) is 13.4. The first-order chi connectivity index (χ1) is 8.65.